The second-order valence-electron chi connectivity index (χ2n) is 3.82. The van der Waals surface area contributed by atoms with Crippen molar-refractivity contribution >= 4 is 44.8 Å². The summed E-state index contributed by atoms with van der Waals surface area (Å²) in [5.74, 6) is -0.944. The molecule has 0 fully saturated rings. The first-order valence-electron chi connectivity index (χ1n) is 5.29. The van der Waals surface area contributed by atoms with Crippen LogP contribution < -0.4 is 11.1 Å². The summed E-state index contributed by atoms with van der Waals surface area (Å²) in [6.07, 6.45) is 0. The van der Waals surface area contributed by atoms with Gasteiger partial charge in [0.2, 0.25) is 0 Å². The van der Waals surface area contributed by atoms with Crippen LogP contribution in [0.4, 0.5) is 15.8 Å². The smallest absolute Gasteiger partial charge is 0.255 e. The lowest BCUT2D eigenvalue weighted by molar-refractivity contribution is 0.102. The van der Waals surface area contributed by atoms with Gasteiger partial charge in [-0.05, 0) is 52.3 Å². The number of amides is 1. The van der Waals surface area contributed by atoms with E-state index in [4.69, 9.17) is 17.3 Å². The quantitative estimate of drug-likeness (QED) is 0.807. The number of nitrogens with two attached hydrogens (primary N) is 1. The fourth-order valence-corrected chi connectivity index (χ4v) is 1.94. The maximum absolute atomic E-state index is 13.2. The molecule has 0 bridgehead atoms. The molecule has 3 nitrogen and oxygen atoms in total. The summed E-state index contributed by atoms with van der Waals surface area (Å²) < 4.78 is 13.9. The van der Waals surface area contributed by atoms with Gasteiger partial charge in [0, 0.05) is 21.4 Å². The molecule has 1 amide bonds. The number of carbonyl (C=O) groups is 1. The second-order valence-corrected chi connectivity index (χ2v) is 5.08. The Labute approximate surface area is 122 Å². The van der Waals surface area contributed by atoms with Crippen molar-refractivity contribution in [1.82, 2.24) is 0 Å². The number of carbonyl (C=O) groups excluding carboxylic acids is 1. The third-order valence-corrected chi connectivity index (χ3v) is 3.43. The SMILES string of the molecule is Nc1ccc(C(=O)Nc2ccc(Cl)c(F)c2)cc1Br. The van der Waals surface area contributed by atoms with Crippen LogP contribution in [-0.4, -0.2) is 5.91 Å². The molecule has 0 radical (unpaired) electrons. The molecule has 98 valence electrons. The number of rotatable bonds is 2. The van der Waals surface area contributed by atoms with E-state index >= 15 is 0 Å². The van der Waals surface area contributed by atoms with E-state index < -0.39 is 5.82 Å². The summed E-state index contributed by atoms with van der Waals surface area (Å²) >= 11 is 8.80. The summed E-state index contributed by atoms with van der Waals surface area (Å²) in [5, 5.41) is 2.58. The van der Waals surface area contributed by atoms with Crippen molar-refractivity contribution < 1.29 is 9.18 Å². The predicted molar refractivity (Wildman–Crippen MR) is 77.9 cm³/mol. The molecule has 2 aromatic carbocycles. The van der Waals surface area contributed by atoms with E-state index in [0.29, 0.717) is 21.4 Å². The Balaban J connectivity index is 2.20. The van der Waals surface area contributed by atoms with Crippen LogP contribution in [0.15, 0.2) is 40.9 Å². The molecule has 0 aliphatic carbocycles. The summed E-state index contributed by atoms with van der Waals surface area (Å²) in [6.45, 7) is 0. The number of nitrogens with one attached hydrogen (secondary N) is 1. The van der Waals surface area contributed by atoms with Gasteiger partial charge in [-0.2, -0.15) is 0 Å². The zero-order chi connectivity index (χ0) is 14.0. The van der Waals surface area contributed by atoms with Gasteiger partial charge in [-0.15, -0.1) is 0 Å². The summed E-state index contributed by atoms with van der Waals surface area (Å²) in [4.78, 5) is 11.9. The fourth-order valence-electron chi connectivity index (χ4n) is 1.45. The third-order valence-electron chi connectivity index (χ3n) is 2.44. The van der Waals surface area contributed by atoms with Crippen molar-refractivity contribution in [3.63, 3.8) is 0 Å². The van der Waals surface area contributed by atoms with Crippen LogP contribution in [-0.2, 0) is 0 Å². The molecule has 0 spiro atoms. The molecule has 0 aliphatic rings. The van der Waals surface area contributed by atoms with Gasteiger partial charge in [0.15, 0.2) is 0 Å². The zero-order valence-electron chi connectivity index (χ0n) is 9.58. The van der Waals surface area contributed by atoms with E-state index in [-0.39, 0.29) is 10.9 Å². The lowest BCUT2D eigenvalue weighted by atomic mass is 10.2. The van der Waals surface area contributed by atoms with Gasteiger partial charge in [-0.1, -0.05) is 11.6 Å². The molecule has 2 rings (SSSR count). The van der Waals surface area contributed by atoms with Crippen molar-refractivity contribution in [2.45, 2.75) is 0 Å². The highest BCUT2D eigenvalue weighted by Crippen LogP contribution is 2.22. The monoisotopic (exact) mass is 342 g/mol. The van der Waals surface area contributed by atoms with Crippen molar-refractivity contribution in [3.05, 3.63) is 57.3 Å². The van der Waals surface area contributed by atoms with Crippen LogP contribution in [0.2, 0.25) is 5.02 Å². The van der Waals surface area contributed by atoms with Crippen LogP contribution in [0.25, 0.3) is 0 Å². The highest BCUT2D eigenvalue weighted by Gasteiger charge is 2.09. The van der Waals surface area contributed by atoms with Crippen LogP contribution in [0, 0.1) is 5.82 Å². The zero-order valence-corrected chi connectivity index (χ0v) is 11.9. The van der Waals surface area contributed by atoms with Crippen molar-refractivity contribution in [2.75, 3.05) is 11.1 Å². The molecule has 0 aliphatic heterocycles. The summed E-state index contributed by atoms with van der Waals surface area (Å²) in [6, 6.07) is 8.85. The van der Waals surface area contributed by atoms with E-state index in [1.165, 1.54) is 12.1 Å². The largest absolute Gasteiger partial charge is 0.398 e. The summed E-state index contributed by atoms with van der Waals surface area (Å²) in [5.41, 5.74) is 6.92. The molecule has 0 heterocycles. The average Bonchev–Trinajstić information content (AvgIpc) is 2.37. The van der Waals surface area contributed by atoms with Crippen LogP contribution in [0.3, 0.4) is 0 Å². The average molecular weight is 344 g/mol. The number of nitrogen functional groups attached to an aromatic ring is 1. The van der Waals surface area contributed by atoms with Crippen LogP contribution in [0.1, 0.15) is 10.4 Å². The Bertz CT molecular complexity index is 649. The summed E-state index contributed by atoms with van der Waals surface area (Å²) in [7, 11) is 0. The Morgan fingerprint density at radius 3 is 2.63 bits per heavy atom. The minimum atomic E-state index is -0.585. The lowest BCUT2D eigenvalue weighted by Crippen LogP contribution is -2.12. The van der Waals surface area contributed by atoms with Crippen molar-refractivity contribution in [2.24, 2.45) is 0 Å². The molecule has 2 aromatic rings. The topological polar surface area (TPSA) is 55.1 Å². The van der Waals surface area contributed by atoms with E-state index in [0.717, 1.165) is 6.07 Å². The third kappa shape index (κ3) is 3.24. The van der Waals surface area contributed by atoms with E-state index in [1.807, 2.05) is 0 Å². The Morgan fingerprint density at radius 2 is 2.00 bits per heavy atom. The number of benzene rings is 2. The molecule has 0 saturated carbocycles. The first kappa shape index (κ1) is 13.8. The number of hydrogen-bond acceptors (Lipinski definition) is 2. The van der Waals surface area contributed by atoms with Gasteiger partial charge in [0.25, 0.3) is 5.91 Å². The Morgan fingerprint density at radius 1 is 1.26 bits per heavy atom. The second kappa shape index (κ2) is 5.59. The van der Waals surface area contributed by atoms with Crippen molar-refractivity contribution in [3.8, 4) is 0 Å². The maximum atomic E-state index is 13.2. The maximum Gasteiger partial charge on any atom is 0.255 e. The molecule has 0 aromatic heterocycles. The number of halogens is 3. The van der Waals surface area contributed by atoms with Gasteiger partial charge in [-0.3, -0.25) is 4.79 Å². The predicted octanol–water partition coefficient (Wildman–Crippen LogP) is 4.08. The molecule has 6 heteroatoms. The lowest BCUT2D eigenvalue weighted by Gasteiger charge is -2.07. The number of hydrogen-bond donors (Lipinski definition) is 2. The van der Waals surface area contributed by atoms with Crippen molar-refractivity contribution in [1.29, 1.82) is 0 Å². The highest BCUT2D eigenvalue weighted by molar-refractivity contribution is 9.10. The van der Waals surface area contributed by atoms with E-state index in [2.05, 4.69) is 21.2 Å². The molecule has 0 unspecified atom stereocenters. The molecular weight excluding hydrogens is 335 g/mol. The van der Waals surface area contributed by atoms with Gasteiger partial charge in [0.1, 0.15) is 5.82 Å². The molecule has 0 atom stereocenters. The minimum Gasteiger partial charge on any atom is -0.398 e. The normalized spacial score (nSPS) is 10.3. The van der Waals surface area contributed by atoms with Gasteiger partial charge >= 0.3 is 0 Å². The molecular formula is C13H9BrClFN2O. The highest BCUT2D eigenvalue weighted by atomic mass is 79.9. The molecule has 3 N–H and O–H groups in total. The first-order valence-corrected chi connectivity index (χ1v) is 6.46. The van der Waals surface area contributed by atoms with E-state index in [9.17, 15) is 9.18 Å². The Kier molecular flexibility index (Phi) is 4.07. The Hall–Kier alpha value is -1.59. The van der Waals surface area contributed by atoms with Crippen LogP contribution >= 0.6 is 27.5 Å². The van der Waals surface area contributed by atoms with Crippen LogP contribution in [0.5, 0.6) is 0 Å². The standard InChI is InChI=1S/C13H9BrClFN2O/c14-9-5-7(1-4-12(9)17)13(19)18-8-2-3-10(15)11(16)6-8/h1-6H,17H2,(H,18,19). The fraction of sp³-hybridized carbons (Fsp3) is 0. The van der Waals surface area contributed by atoms with Gasteiger partial charge in [-0.25, -0.2) is 4.39 Å². The molecule has 19 heavy (non-hydrogen) atoms. The minimum absolute atomic E-state index is 0.00762. The number of anilines is 2. The first-order chi connectivity index (χ1) is 8.97. The van der Waals surface area contributed by atoms with Gasteiger partial charge < -0.3 is 11.1 Å². The van der Waals surface area contributed by atoms with Gasteiger partial charge in [0.05, 0.1) is 5.02 Å². The molecule has 0 saturated heterocycles. The van der Waals surface area contributed by atoms with E-state index in [1.54, 1.807) is 18.2 Å².